The zero-order valence-corrected chi connectivity index (χ0v) is 16.5. The van der Waals surface area contributed by atoms with Gasteiger partial charge in [0.05, 0.1) is 18.4 Å². The molecule has 0 bridgehead atoms. The summed E-state index contributed by atoms with van der Waals surface area (Å²) in [5.41, 5.74) is 1.21. The van der Waals surface area contributed by atoms with Gasteiger partial charge < -0.3 is 14.5 Å². The highest BCUT2D eigenvalue weighted by atomic mass is 16.5. The number of ether oxygens (including phenoxy) is 1. The number of hydrogen-bond acceptors (Lipinski definition) is 6. The monoisotopic (exact) mass is 395 g/mol. The van der Waals surface area contributed by atoms with E-state index in [-0.39, 0.29) is 17.6 Å². The summed E-state index contributed by atoms with van der Waals surface area (Å²) in [6.07, 6.45) is 5.34. The molecule has 2 aliphatic heterocycles. The number of carbonyl (C=O) groups is 2. The van der Waals surface area contributed by atoms with Gasteiger partial charge in [-0.05, 0) is 63.9 Å². The van der Waals surface area contributed by atoms with Crippen molar-refractivity contribution in [3.63, 3.8) is 0 Å². The van der Waals surface area contributed by atoms with Gasteiger partial charge in [0.15, 0.2) is 17.8 Å². The standard InChI is InChI=1S/C22H25N3O4/c1-13-21(27)24-18-10-16(4-5-19(18)28-13)20(26)14-6-8-25(9-7-14)12-17-11-23-22(29-17)15-2-3-15/h4-5,10-11,13-15H,2-3,6-9,12H2,1H3,(H,24,27)/t13-/m0/s1. The van der Waals surface area contributed by atoms with Crippen LogP contribution in [0.15, 0.2) is 28.8 Å². The van der Waals surface area contributed by atoms with Gasteiger partial charge in [-0.15, -0.1) is 0 Å². The molecule has 3 heterocycles. The van der Waals surface area contributed by atoms with E-state index in [1.165, 1.54) is 12.8 Å². The highest BCUT2D eigenvalue weighted by Crippen LogP contribution is 2.39. The van der Waals surface area contributed by atoms with Gasteiger partial charge in [0.25, 0.3) is 5.91 Å². The normalized spacial score (nSPS) is 22.7. The zero-order chi connectivity index (χ0) is 20.0. The molecule has 2 fully saturated rings. The third kappa shape index (κ3) is 3.79. The second-order valence-electron chi connectivity index (χ2n) is 8.31. The van der Waals surface area contributed by atoms with E-state index in [0.717, 1.165) is 44.1 Å². The largest absolute Gasteiger partial charge is 0.479 e. The molecule has 7 heteroatoms. The van der Waals surface area contributed by atoms with Crippen molar-refractivity contribution in [1.82, 2.24) is 9.88 Å². The maximum absolute atomic E-state index is 13.0. The second-order valence-corrected chi connectivity index (χ2v) is 8.31. The van der Waals surface area contributed by atoms with Gasteiger partial charge in [-0.25, -0.2) is 4.98 Å². The lowest BCUT2D eigenvalue weighted by molar-refractivity contribution is -0.122. The van der Waals surface area contributed by atoms with E-state index in [1.54, 1.807) is 25.1 Å². The number of rotatable bonds is 5. The van der Waals surface area contributed by atoms with Crippen LogP contribution in [0, 0.1) is 5.92 Å². The van der Waals surface area contributed by atoms with Gasteiger partial charge in [-0.2, -0.15) is 0 Å². The Morgan fingerprint density at radius 3 is 2.79 bits per heavy atom. The van der Waals surface area contributed by atoms with Gasteiger partial charge in [0, 0.05) is 17.4 Å². The number of hydrogen-bond donors (Lipinski definition) is 1. The number of nitrogens with zero attached hydrogens (tertiary/aromatic N) is 2. The Morgan fingerprint density at radius 1 is 1.24 bits per heavy atom. The third-order valence-corrected chi connectivity index (χ3v) is 6.03. The number of fused-ring (bicyclic) bond motifs is 1. The molecular formula is C22H25N3O4. The fraction of sp³-hybridized carbons (Fsp3) is 0.500. The lowest BCUT2D eigenvalue weighted by Crippen LogP contribution is -2.36. The summed E-state index contributed by atoms with van der Waals surface area (Å²) in [6, 6.07) is 5.31. The number of likely N-dealkylation sites (tertiary alicyclic amines) is 1. The minimum absolute atomic E-state index is 0.000171. The Bertz CT molecular complexity index is 941. The Morgan fingerprint density at radius 2 is 2.03 bits per heavy atom. The highest BCUT2D eigenvalue weighted by molar-refractivity contribution is 6.02. The number of amides is 1. The maximum atomic E-state index is 13.0. The van der Waals surface area contributed by atoms with Crippen LogP contribution in [0.5, 0.6) is 5.75 Å². The lowest BCUT2D eigenvalue weighted by Gasteiger charge is -2.30. The van der Waals surface area contributed by atoms with E-state index >= 15 is 0 Å². The molecule has 1 amide bonds. The van der Waals surface area contributed by atoms with Crippen LogP contribution in [0.4, 0.5) is 5.69 Å². The Hall–Kier alpha value is -2.67. The minimum atomic E-state index is -0.516. The van der Waals surface area contributed by atoms with Crippen molar-refractivity contribution >= 4 is 17.4 Å². The van der Waals surface area contributed by atoms with Crippen molar-refractivity contribution in [1.29, 1.82) is 0 Å². The summed E-state index contributed by atoms with van der Waals surface area (Å²) in [6.45, 7) is 4.17. The molecule has 1 saturated heterocycles. The average molecular weight is 395 g/mol. The number of anilines is 1. The van der Waals surface area contributed by atoms with Crippen LogP contribution in [0.3, 0.4) is 0 Å². The van der Waals surface area contributed by atoms with Crippen molar-refractivity contribution in [3.05, 3.63) is 41.6 Å². The smallest absolute Gasteiger partial charge is 0.265 e. The first kappa shape index (κ1) is 18.4. The fourth-order valence-electron chi connectivity index (χ4n) is 4.09. The number of aromatic nitrogens is 1. The van der Waals surface area contributed by atoms with E-state index in [2.05, 4.69) is 15.2 Å². The summed E-state index contributed by atoms with van der Waals surface area (Å²) < 4.78 is 11.4. The Balaban J connectivity index is 1.19. The topological polar surface area (TPSA) is 84.7 Å². The van der Waals surface area contributed by atoms with Gasteiger partial charge in [-0.1, -0.05) is 0 Å². The van der Waals surface area contributed by atoms with Crippen molar-refractivity contribution in [2.24, 2.45) is 5.92 Å². The van der Waals surface area contributed by atoms with Crippen molar-refractivity contribution in [3.8, 4) is 5.75 Å². The van der Waals surface area contributed by atoms with Crippen molar-refractivity contribution < 1.29 is 18.7 Å². The molecular weight excluding hydrogens is 370 g/mol. The number of ketones is 1. The molecule has 1 aliphatic carbocycles. The predicted molar refractivity (Wildman–Crippen MR) is 106 cm³/mol. The van der Waals surface area contributed by atoms with Crippen molar-refractivity contribution in [2.45, 2.75) is 51.2 Å². The molecule has 0 spiro atoms. The Kier molecular flexibility index (Phi) is 4.62. The number of piperidine rings is 1. The van der Waals surface area contributed by atoms with Crippen LogP contribution in [-0.4, -0.2) is 40.8 Å². The summed E-state index contributed by atoms with van der Waals surface area (Å²) in [7, 11) is 0. The van der Waals surface area contributed by atoms with Gasteiger partial charge in [0.1, 0.15) is 11.5 Å². The molecule has 152 valence electrons. The van der Waals surface area contributed by atoms with E-state index in [9.17, 15) is 9.59 Å². The number of carbonyl (C=O) groups excluding carboxylic acids is 2. The molecule has 7 nitrogen and oxygen atoms in total. The SMILES string of the molecule is C[C@@H]1Oc2ccc(C(=O)C3CCN(Cc4cnc(C5CC5)o4)CC3)cc2NC1=O. The number of Topliss-reactive ketones (excluding diaryl/α,β-unsaturated/α-hetero) is 1. The zero-order valence-electron chi connectivity index (χ0n) is 16.5. The van der Waals surface area contributed by atoms with Crippen LogP contribution in [0.25, 0.3) is 0 Å². The fourth-order valence-corrected chi connectivity index (χ4v) is 4.09. The molecule has 2 aromatic rings. The third-order valence-electron chi connectivity index (χ3n) is 6.03. The van der Waals surface area contributed by atoms with Crippen LogP contribution < -0.4 is 10.1 Å². The highest BCUT2D eigenvalue weighted by Gasteiger charge is 2.30. The minimum Gasteiger partial charge on any atom is -0.479 e. The molecule has 3 aliphatic rings. The van der Waals surface area contributed by atoms with E-state index in [0.29, 0.717) is 22.9 Å². The van der Waals surface area contributed by atoms with Crippen LogP contribution in [0.2, 0.25) is 0 Å². The molecule has 29 heavy (non-hydrogen) atoms. The van der Waals surface area contributed by atoms with Gasteiger partial charge >= 0.3 is 0 Å². The first-order valence-electron chi connectivity index (χ1n) is 10.4. The summed E-state index contributed by atoms with van der Waals surface area (Å²) in [5.74, 6) is 2.88. The Labute approximate surface area is 169 Å². The first-order valence-corrected chi connectivity index (χ1v) is 10.4. The van der Waals surface area contributed by atoms with Crippen LogP contribution in [0.1, 0.15) is 60.5 Å². The molecule has 1 saturated carbocycles. The summed E-state index contributed by atoms with van der Waals surface area (Å²) in [4.78, 5) is 31.5. The maximum Gasteiger partial charge on any atom is 0.265 e. The van der Waals surface area contributed by atoms with Crippen LogP contribution >= 0.6 is 0 Å². The van der Waals surface area contributed by atoms with Crippen molar-refractivity contribution in [2.75, 3.05) is 18.4 Å². The summed E-state index contributed by atoms with van der Waals surface area (Å²) in [5, 5.41) is 2.82. The van der Waals surface area contributed by atoms with Gasteiger partial charge in [0.2, 0.25) is 0 Å². The molecule has 1 atom stereocenters. The molecule has 5 rings (SSSR count). The lowest BCUT2D eigenvalue weighted by atomic mass is 9.88. The van der Waals surface area contributed by atoms with E-state index in [4.69, 9.17) is 9.15 Å². The number of oxazole rings is 1. The quantitative estimate of drug-likeness (QED) is 0.782. The summed E-state index contributed by atoms with van der Waals surface area (Å²) >= 11 is 0. The second kappa shape index (κ2) is 7.30. The number of nitrogens with one attached hydrogen (secondary N) is 1. The molecule has 1 aromatic heterocycles. The molecule has 0 unspecified atom stereocenters. The molecule has 1 aromatic carbocycles. The van der Waals surface area contributed by atoms with Crippen LogP contribution in [-0.2, 0) is 11.3 Å². The van der Waals surface area contributed by atoms with E-state index in [1.807, 2.05) is 6.20 Å². The molecule has 1 N–H and O–H groups in total. The predicted octanol–water partition coefficient (Wildman–Crippen LogP) is 3.37. The molecule has 0 radical (unpaired) electrons. The van der Waals surface area contributed by atoms with E-state index < -0.39 is 6.10 Å². The number of benzene rings is 1. The first-order chi connectivity index (χ1) is 14.1. The average Bonchev–Trinajstić information content (AvgIpc) is 3.48. The van der Waals surface area contributed by atoms with Gasteiger partial charge in [-0.3, -0.25) is 14.5 Å².